The third kappa shape index (κ3) is 4.72. The lowest BCUT2D eigenvalue weighted by molar-refractivity contribution is -0.384. The van der Waals surface area contributed by atoms with Gasteiger partial charge >= 0.3 is 0 Å². The number of amidine groups is 1. The van der Waals surface area contributed by atoms with Gasteiger partial charge in [0.25, 0.3) is 11.6 Å². The van der Waals surface area contributed by atoms with E-state index in [1.54, 1.807) is 23.1 Å². The van der Waals surface area contributed by atoms with Gasteiger partial charge in [0.15, 0.2) is 16.7 Å². The van der Waals surface area contributed by atoms with Crippen molar-refractivity contribution >= 4 is 34.6 Å². The molecule has 2 aromatic carbocycles. The molecule has 2 aliphatic heterocycles. The Morgan fingerprint density at radius 2 is 1.97 bits per heavy atom. The van der Waals surface area contributed by atoms with Crippen LogP contribution in [0.2, 0.25) is 0 Å². The maximum absolute atomic E-state index is 13.0. The zero-order chi connectivity index (χ0) is 21.8. The van der Waals surface area contributed by atoms with Crippen molar-refractivity contribution in [2.75, 3.05) is 13.3 Å². The number of benzene rings is 2. The lowest BCUT2D eigenvalue weighted by Gasteiger charge is -2.17. The highest BCUT2D eigenvalue weighted by Gasteiger charge is 2.30. The van der Waals surface area contributed by atoms with Gasteiger partial charge in [-0.2, -0.15) is 0 Å². The van der Waals surface area contributed by atoms with Crippen molar-refractivity contribution in [3.8, 4) is 11.5 Å². The molecule has 2 aliphatic rings. The van der Waals surface area contributed by atoms with Crippen LogP contribution >= 0.6 is 11.8 Å². The zero-order valence-electron chi connectivity index (χ0n) is 16.9. The standard InChI is InChI=1S/C22H21N3O5S/c1-2-3-10-24-21(26)18(11-16-6-9-19-20(12-16)30-14-29-19)23-22(24)31-13-15-4-7-17(8-5-15)25(27)28/h4-9,11-12H,2-3,10,13-14H2,1H3/b18-11+. The summed E-state index contributed by atoms with van der Waals surface area (Å²) in [5.74, 6) is 1.77. The van der Waals surface area contributed by atoms with E-state index in [2.05, 4.69) is 11.9 Å². The third-order valence-electron chi connectivity index (χ3n) is 4.86. The summed E-state index contributed by atoms with van der Waals surface area (Å²) in [5.41, 5.74) is 2.17. The summed E-state index contributed by atoms with van der Waals surface area (Å²) in [6.45, 7) is 2.87. The first kappa shape index (κ1) is 20.9. The van der Waals surface area contributed by atoms with Crippen molar-refractivity contribution in [3.63, 3.8) is 0 Å². The number of hydrogen-bond donors (Lipinski definition) is 0. The van der Waals surface area contributed by atoms with Gasteiger partial charge in [-0.3, -0.25) is 19.8 Å². The normalized spacial score (nSPS) is 16.2. The molecule has 0 spiro atoms. The number of carbonyl (C=O) groups is 1. The monoisotopic (exact) mass is 439 g/mol. The van der Waals surface area contributed by atoms with Gasteiger partial charge in [0, 0.05) is 24.4 Å². The summed E-state index contributed by atoms with van der Waals surface area (Å²) in [6, 6.07) is 11.9. The number of hydrogen-bond acceptors (Lipinski definition) is 7. The molecular formula is C22H21N3O5S. The molecule has 0 saturated heterocycles. The molecule has 2 heterocycles. The Labute approximate surface area is 183 Å². The molecule has 4 rings (SSSR count). The molecule has 8 nitrogen and oxygen atoms in total. The van der Waals surface area contributed by atoms with Gasteiger partial charge in [-0.15, -0.1) is 0 Å². The average molecular weight is 439 g/mol. The smallest absolute Gasteiger partial charge is 0.278 e. The number of nitrogens with zero attached hydrogens (tertiary/aromatic N) is 3. The maximum atomic E-state index is 13.0. The topological polar surface area (TPSA) is 94.3 Å². The number of unbranched alkanes of at least 4 members (excludes halogenated alkanes) is 1. The van der Waals surface area contributed by atoms with Crippen LogP contribution in [0.25, 0.3) is 6.08 Å². The van der Waals surface area contributed by atoms with Gasteiger partial charge in [0.1, 0.15) is 5.70 Å². The molecular weight excluding hydrogens is 418 g/mol. The lowest BCUT2D eigenvalue weighted by atomic mass is 10.1. The number of amides is 1. The molecule has 0 radical (unpaired) electrons. The molecule has 0 atom stereocenters. The number of thioether (sulfide) groups is 1. The minimum Gasteiger partial charge on any atom is -0.454 e. The van der Waals surface area contributed by atoms with E-state index in [1.807, 2.05) is 18.2 Å². The number of fused-ring (bicyclic) bond motifs is 1. The first-order valence-electron chi connectivity index (χ1n) is 9.93. The van der Waals surface area contributed by atoms with Gasteiger partial charge in [-0.05, 0) is 35.8 Å². The molecule has 0 aliphatic carbocycles. The quantitative estimate of drug-likeness (QED) is 0.356. The van der Waals surface area contributed by atoms with E-state index < -0.39 is 4.92 Å². The number of rotatable bonds is 7. The Morgan fingerprint density at radius 3 is 2.71 bits per heavy atom. The van der Waals surface area contributed by atoms with E-state index in [0.717, 1.165) is 24.0 Å². The summed E-state index contributed by atoms with van der Waals surface area (Å²) in [4.78, 5) is 29.7. The summed E-state index contributed by atoms with van der Waals surface area (Å²) in [5, 5.41) is 11.5. The van der Waals surface area contributed by atoms with E-state index >= 15 is 0 Å². The van der Waals surface area contributed by atoms with Crippen LogP contribution in [0.3, 0.4) is 0 Å². The largest absolute Gasteiger partial charge is 0.454 e. The van der Waals surface area contributed by atoms with Crippen LogP contribution < -0.4 is 9.47 Å². The number of ether oxygens (including phenoxy) is 2. The molecule has 31 heavy (non-hydrogen) atoms. The van der Waals surface area contributed by atoms with Gasteiger partial charge in [0.2, 0.25) is 6.79 Å². The van der Waals surface area contributed by atoms with Crippen molar-refractivity contribution in [3.05, 3.63) is 69.4 Å². The minimum absolute atomic E-state index is 0.0562. The Bertz CT molecular complexity index is 1070. The second kappa shape index (κ2) is 9.22. The van der Waals surface area contributed by atoms with Gasteiger partial charge in [-0.1, -0.05) is 43.3 Å². The first-order chi connectivity index (χ1) is 15.0. The van der Waals surface area contributed by atoms with Crippen LogP contribution in [0.1, 0.15) is 30.9 Å². The van der Waals surface area contributed by atoms with Gasteiger partial charge in [-0.25, -0.2) is 4.99 Å². The molecule has 9 heteroatoms. The molecule has 2 aromatic rings. The highest BCUT2D eigenvalue weighted by Crippen LogP contribution is 2.34. The second-order valence-electron chi connectivity index (χ2n) is 7.06. The first-order valence-corrected chi connectivity index (χ1v) is 10.9. The van der Waals surface area contributed by atoms with E-state index in [4.69, 9.17) is 9.47 Å². The van der Waals surface area contributed by atoms with Gasteiger partial charge < -0.3 is 9.47 Å². The van der Waals surface area contributed by atoms with Crippen LogP contribution in [-0.2, 0) is 10.5 Å². The van der Waals surface area contributed by atoms with Gasteiger partial charge in [0.05, 0.1) is 4.92 Å². The summed E-state index contributed by atoms with van der Waals surface area (Å²) < 4.78 is 10.7. The molecule has 0 saturated carbocycles. The lowest BCUT2D eigenvalue weighted by Crippen LogP contribution is -2.31. The van der Waals surface area contributed by atoms with Crippen molar-refractivity contribution in [1.29, 1.82) is 0 Å². The van der Waals surface area contributed by atoms with Crippen LogP contribution in [-0.4, -0.2) is 34.2 Å². The van der Waals surface area contributed by atoms with E-state index in [-0.39, 0.29) is 18.4 Å². The highest BCUT2D eigenvalue weighted by molar-refractivity contribution is 8.13. The number of non-ortho nitro benzene ring substituents is 1. The molecule has 0 unspecified atom stereocenters. The van der Waals surface area contributed by atoms with E-state index in [9.17, 15) is 14.9 Å². The Kier molecular flexibility index (Phi) is 6.22. The third-order valence-corrected chi connectivity index (χ3v) is 5.91. The van der Waals surface area contributed by atoms with Crippen LogP contribution in [0, 0.1) is 10.1 Å². The molecule has 0 bridgehead atoms. The van der Waals surface area contributed by atoms with Crippen LogP contribution in [0.5, 0.6) is 11.5 Å². The van der Waals surface area contributed by atoms with E-state index in [0.29, 0.717) is 34.7 Å². The molecule has 1 amide bonds. The zero-order valence-corrected chi connectivity index (χ0v) is 17.8. The Hall–Kier alpha value is -3.33. The summed E-state index contributed by atoms with van der Waals surface area (Å²) in [6.07, 6.45) is 3.59. The Balaban J connectivity index is 1.53. The fourth-order valence-corrected chi connectivity index (χ4v) is 4.16. The average Bonchev–Trinajstić information content (AvgIpc) is 3.35. The summed E-state index contributed by atoms with van der Waals surface area (Å²) in [7, 11) is 0. The van der Waals surface area contributed by atoms with Crippen molar-refractivity contribution in [2.24, 2.45) is 4.99 Å². The SMILES string of the molecule is CCCCN1C(=O)/C(=C\c2ccc3c(c2)OCO3)N=C1SCc1ccc([N+](=O)[O-])cc1. The van der Waals surface area contributed by atoms with Crippen molar-refractivity contribution in [1.82, 2.24) is 4.90 Å². The predicted octanol–water partition coefficient (Wildman–Crippen LogP) is 4.60. The van der Waals surface area contributed by atoms with E-state index in [1.165, 1.54) is 23.9 Å². The number of nitro groups is 1. The molecule has 160 valence electrons. The van der Waals surface area contributed by atoms with Crippen molar-refractivity contribution < 1.29 is 19.2 Å². The number of nitro benzene ring substituents is 1. The predicted molar refractivity (Wildman–Crippen MR) is 119 cm³/mol. The van der Waals surface area contributed by atoms with Crippen LogP contribution in [0.4, 0.5) is 5.69 Å². The Morgan fingerprint density at radius 1 is 1.19 bits per heavy atom. The summed E-state index contributed by atoms with van der Waals surface area (Å²) >= 11 is 1.45. The molecule has 0 fully saturated rings. The fraction of sp³-hybridized carbons (Fsp3) is 0.273. The number of carbonyl (C=O) groups excluding carboxylic acids is 1. The van der Waals surface area contributed by atoms with Crippen LogP contribution in [0.15, 0.2) is 53.2 Å². The highest BCUT2D eigenvalue weighted by atomic mass is 32.2. The van der Waals surface area contributed by atoms with Crippen molar-refractivity contribution in [2.45, 2.75) is 25.5 Å². The fourth-order valence-electron chi connectivity index (χ4n) is 3.18. The second-order valence-corrected chi connectivity index (χ2v) is 8.00. The molecule has 0 N–H and O–H groups in total. The molecule has 0 aromatic heterocycles. The minimum atomic E-state index is -0.420. The number of aliphatic imine (C=N–C) groups is 1. The maximum Gasteiger partial charge on any atom is 0.278 e.